The zero-order chi connectivity index (χ0) is 21.3. The van der Waals surface area contributed by atoms with Crippen LogP contribution < -0.4 is 0 Å². The van der Waals surface area contributed by atoms with Gasteiger partial charge in [-0.3, -0.25) is 4.98 Å². The summed E-state index contributed by atoms with van der Waals surface area (Å²) in [5, 5.41) is 11.5. The highest BCUT2D eigenvalue weighted by molar-refractivity contribution is 7.89. The Hall–Kier alpha value is -2.68. The van der Waals surface area contributed by atoms with E-state index in [0.717, 1.165) is 34.7 Å². The molecule has 1 saturated heterocycles. The molecule has 0 radical (unpaired) electrons. The van der Waals surface area contributed by atoms with Gasteiger partial charge in [0.15, 0.2) is 0 Å². The monoisotopic (exact) mass is 450 g/mol. The zero-order valence-corrected chi connectivity index (χ0v) is 18.5. The van der Waals surface area contributed by atoms with Crippen molar-refractivity contribution >= 4 is 32.3 Å². The number of nitrogens with zero attached hydrogens (tertiary/aromatic N) is 4. The van der Waals surface area contributed by atoms with E-state index < -0.39 is 10.0 Å². The van der Waals surface area contributed by atoms with Crippen molar-refractivity contribution in [1.82, 2.24) is 19.5 Å². The van der Waals surface area contributed by atoms with Crippen LogP contribution in [0.1, 0.15) is 34.3 Å². The molecule has 1 fully saturated rings. The smallest absolute Gasteiger partial charge is 0.245 e. The van der Waals surface area contributed by atoms with Crippen molar-refractivity contribution in [3.05, 3.63) is 82.4 Å². The van der Waals surface area contributed by atoms with E-state index in [-0.39, 0.29) is 10.8 Å². The number of pyridine rings is 1. The van der Waals surface area contributed by atoms with Gasteiger partial charge in [0.2, 0.25) is 10.0 Å². The Labute approximate surface area is 185 Å². The largest absolute Gasteiger partial charge is 0.255 e. The molecule has 31 heavy (non-hydrogen) atoms. The van der Waals surface area contributed by atoms with Gasteiger partial charge in [0.1, 0.15) is 14.9 Å². The van der Waals surface area contributed by atoms with Crippen molar-refractivity contribution in [3.8, 4) is 0 Å². The minimum absolute atomic E-state index is 0.0634. The lowest BCUT2D eigenvalue weighted by Gasteiger charge is -2.30. The number of hydrogen-bond acceptors (Lipinski definition) is 6. The second kappa shape index (κ2) is 8.45. The predicted octanol–water partition coefficient (Wildman–Crippen LogP) is 4.25. The first-order chi connectivity index (χ1) is 15.1. The molecular formula is C23H22N4O2S2. The summed E-state index contributed by atoms with van der Waals surface area (Å²) in [6.07, 6.45) is 4.10. The fraction of sp³-hybridized carbons (Fsp3) is 0.261. The first-order valence-electron chi connectivity index (χ1n) is 10.3. The van der Waals surface area contributed by atoms with Gasteiger partial charge in [0, 0.05) is 37.0 Å². The Balaban J connectivity index is 1.38. The van der Waals surface area contributed by atoms with Crippen LogP contribution in [-0.4, -0.2) is 41.0 Å². The summed E-state index contributed by atoms with van der Waals surface area (Å²) in [6.45, 7) is 0.934. The van der Waals surface area contributed by atoms with Crippen LogP contribution in [-0.2, 0) is 16.4 Å². The molecule has 3 heterocycles. The Morgan fingerprint density at radius 1 is 1.00 bits per heavy atom. The van der Waals surface area contributed by atoms with Gasteiger partial charge in [-0.1, -0.05) is 48.5 Å². The molecule has 6 nitrogen and oxygen atoms in total. The normalized spacial score (nSPS) is 17.7. The molecule has 4 aromatic rings. The summed E-state index contributed by atoms with van der Waals surface area (Å²) in [7, 11) is -3.64. The first kappa shape index (κ1) is 20.2. The van der Waals surface area contributed by atoms with E-state index in [4.69, 9.17) is 0 Å². The molecule has 0 aliphatic carbocycles. The number of benzene rings is 2. The number of piperidine rings is 1. The average Bonchev–Trinajstić information content (AvgIpc) is 3.28. The second-order valence-corrected chi connectivity index (χ2v) is 10.7. The van der Waals surface area contributed by atoms with Crippen molar-refractivity contribution in [3.63, 3.8) is 0 Å². The van der Waals surface area contributed by atoms with Crippen molar-refractivity contribution in [2.75, 3.05) is 13.1 Å². The van der Waals surface area contributed by atoms with Crippen LogP contribution in [0.4, 0.5) is 0 Å². The summed E-state index contributed by atoms with van der Waals surface area (Å²) < 4.78 is 28.5. The fourth-order valence-corrected chi connectivity index (χ4v) is 6.75. The maximum absolute atomic E-state index is 13.5. The van der Waals surface area contributed by atoms with Gasteiger partial charge in [0.25, 0.3) is 0 Å². The van der Waals surface area contributed by atoms with Crippen molar-refractivity contribution < 1.29 is 8.42 Å². The molecule has 2 aromatic heterocycles. The number of aromatic nitrogens is 3. The summed E-state index contributed by atoms with van der Waals surface area (Å²) in [4.78, 5) is 4.61. The van der Waals surface area contributed by atoms with Crippen LogP contribution in [0.25, 0.3) is 10.9 Å². The highest BCUT2D eigenvalue weighted by atomic mass is 32.2. The molecule has 8 heteroatoms. The van der Waals surface area contributed by atoms with Crippen LogP contribution >= 0.6 is 11.3 Å². The van der Waals surface area contributed by atoms with E-state index in [1.165, 1.54) is 5.56 Å². The number of sulfonamides is 1. The SMILES string of the molecule is O=S(=O)(c1cccc2cccnc12)N1CCCC(c2nnc(Cc3ccccc3)s2)C1. The zero-order valence-electron chi connectivity index (χ0n) is 16.9. The number of rotatable bonds is 5. The van der Waals surface area contributed by atoms with Crippen LogP contribution in [0.2, 0.25) is 0 Å². The highest BCUT2D eigenvalue weighted by Crippen LogP contribution is 2.33. The van der Waals surface area contributed by atoms with E-state index >= 15 is 0 Å². The van der Waals surface area contributed by atoms with Gasteiger partial charge in [-0.2, -0.15) is 4.31 Å². The average molecular weight is 451 g/mol. The number of fused-ring (bicyclic) bond motifs is 1. The van der Waals surface area contributed by atoms with Crippen LogP contribution in [0.3, 0.4) is 0 Å². The molecule has 0 N–H and O–H groups in total. The third-order valence-corrected chi connectivity index (χ3v) is 8.61. The Kier molecular flexibility index (Phi) is 5.52. The van der Waals surface area contributed by atoms with Gasteiger partial charge < -0.3 is 0 Å². The highest BCUT2D eigenvalue weighted by Gasteiger charge is 2.33. The minimum atomic E-state index is -3.64. The summed E-state index contributed by atoms with van der Waals surface area (Å²) >= 11 is 1.59. The topological polar surface area (TPSA) is 76.1 Å². The molecule has 1 atom stereocenters. The molecule has 1 unspecified atom stereocenters. The molecule has 0 spiro atoms. The van der Waals surface area contributed by atoms with Gasteiger partial charge in [-0.15, -0.1) is 21.5 Å². The fourth-order valence-electron chi connectivity index (χ4n) is 4.06. The predicted molar refractivity (Wildman–Crippen MR) is 122 cm³/mol. The molecule has 2 aromatic carbocycles. The van der Waals surface area contributed by atoms with Crippen LogP contribution in [0.5, 0.6) is 0 Å². The van der Waals surface area contributed by atoms with E-state index in [1.54, 1.807) is 34.0 Å². The van der Waals surface area contributed by atoms with Crippen LogP contribution in [0, 0.1) is 0 Å². The molecule has 1 aliphatic heterocycles. The lowest BCUT2D eigenvalue weighted by atomic mass is 10.0. The third kappa shape index (κ3) is 4.11. The maximum Gasteiger partial charge on any atom is 0.245 e. The van der Waals surface area contributed by atoms with E-state index in [9.17, 15) is 8.42 Å². The molecule has 0 saturated carbocycles. The van der Waals surface area contributed by atoms with Crippen molar-refractivity contribution in [2.45, 2.75) is 30.1 Å². The van der Waals surface area contributed by atoms with Crippen molar-refractivity contribution in [2.24, 2.45) is 0 Å². The molecular weight excluding hydrogens is 428 g/mol. The summed E-state index contributed by atoms with van der Waals surface area (Å²) in [6, 6.07) is 19.2. The van der Waals surface area contributed by atoms with Gasteiger partial charge in [-0.25, -0.2) is 8.42 Å². The third-order valence-electron chi connectivity index (χ3n) is 5.63. The van der Waals surface area contributed by atoms with Gasteiger partial charge >= 0.3 is 0 Å². The molecule has 0 amide bonds. The maximum atomic E-state index is 13.5. The van der Waals surface area contributed by atoms with E-state index in [0.29, 0.717) is 18.6 Å². The lowest BCUT2D eigenvalue weighted by Crippen LogP contribution is -2.39. The van der Waals surface area contributed by atoms with Gasteiger partial charge in [0.05, 0.1) is 5.52 Å². The Bertz CT molecular complexity index is 1300. The number of hydrogen-bond donors (Lipinski definition) is 0. The molecule has 1 aliphatic rings. The van der Waals surface area contributed by atoms with E-state index in [2.05, 4.69) is 27.3 Å². The molecule has 5 rings (SSSR count). The number of para-hydroxylation sites is 1. The molecule has 0 bridgehead atoms. The quantitative estimate of drug-likeness (QED) is 0.454. The lowest BCUT2D eigenvalue weighted by molar-refractivity contribution is 0.315. The molecule has 158 valence electrons. The first-order valence-corrected chi connectivity index (χ1v) is 12.6. The summed E-state index contributed by atoms with van der Waals surface area (Å²) in [5.74, 6) is 0.0634. The van der Waals surface area contributed by atoms with Crippen molar-refractivity contribution in [1.29, 1.82) is 0 Å². The Morgan fingerprint density at radius 2 is 1.84 bits per heavy atom. The Morgan fingerprint density at radius 3 is 2.71 bits per heavy atom. The standard InChI is InChI=1S/C23H22N4O2S2/c28-31(29,20-12-4-9-18-10-5-13-24-22(18)20)27-14-6-11-19(16-27)23-26-25-21(30-23)15-17-7-2-1-3-8-17/h1-5,7-10,12-13,19H,6,11,14-16H2. The summed E-state index contributed by atoms with van der Waals surface area (Å²) in [5.41, 5.74) is 1.72. The van der Waals surface area contributed by atoms with Gasteiger partial charge in [-0.05, 0) is 30.5 Å². The second-order valence-electron chi connectivity index (χ2n) is 7.73. The van der Waals surface area contributed by atoms with E-state index in [1.807, 2.05) is 36.4 Å². The minimum Gasteiger partial charge on any atom is -0.255 e. The van der Waals surface area contributed by atoms with Crippen LogP contribution in [0.15, 0.2) is 71.8 Å².